The number of esters is 1. The van der Waals surface area contributed by atoms with Gasteiger partial charge in [-0.15, -0.1) is 0 Å². The van der Waals surface area contributed by atoms with Gasteiger partial charge in [0.05, 0.1) is 7.11 Å². The summed E-state index contributed by atoms with van der Waals surface area (Å²) in [7, 11) is 1.42. The molecule has 0 aromatic carbocycles. The third-order valence-electron chi connectivity index (χ3n) is 4.49. The number of nitrogens with two attached hydrogens (primary N) is 1. The van der Waals surface area contributed by atoms with Gasteiger partial charge >= 0.3 is 5.97 Å². The van der Waals surface area contributed by atoms with Gasteiger partial charge in [0.25, 0.3) is 0 Å². The maximum absolute atomic E-state index is 11.6. The van der Waals surface area contributed by atoms with E-state index in [2.05, 4.69) is 20.8 Å². The fourth-order valence-corrected chi connectivity index (χ4v) is 2.61. The minimum absolute atomic E-state index is 0.250. The Morgan fingerprint density at radius 3 is 2.31 bits per heavy atom. The van der Waals surface area contributed by atoms with Crippen molar-refractivity contribution >= 4 is 5.97 Å². The van der Waals surface area contributed by atoms with Crippen molar-refractivity contribution in [2.24, 2.45) is 17.1 Å². The van der Waals surface area contributed by atoms with Crippen LogP contribution in [0.2, 0.25) is 0 Å². The Labute approximate surface area is 98.7 Å². The fraction of sp³-hybridized carbons (Fsp3) is 0.923. The zero-order chi connectivity index (χ0) is 12.4. The van der Waals surface area contributed by atoms with E-state index >= 15 is 0 Å². The molecule has 0 spiro atoms. The van der Waals surface area contributed by atoms with Gasteiger partial charge in [-0.05, 0) is 37.0 Å². The van der Waals surface area contributed by atoms with Crippen LogP contribution >= 0.6 is 0 Å². The molecule has 0 saturated heterocycles. The van der Waals surface area contributed by atoms with Crippen molar-refractivity contribution in [1.29, 1.82) is 0 Å². The number of ether oxygens (including phenoxy) is 1. The Kier molecular flexibility index (Phi) is 4.00. The molecule has 16 heavy (non-hydrogen) atoms. The van der Waals surface area contributed by atoms with Crippen molar-refractivity contribution in [1.82, 2.24) is 0 Å². The molecule has 0 atom stereocenters. The van der Waals surface area contributed by atoms with Gasteiger partial charge in [-0.1, -0.05) is 27.2 Å². The molecule has 0 bridgehead atoms. The van der Waals surface area contributed by atoms with Crippen molar-refractivity contribution in [2.45, 2.75) is 58.4 Å². The van der Waals surface area contributed by atoms with Crippen LogP contribution in [0.5, 0.6) is 0 Å². The summed E-state index contributed by atoms with van der Waals surface area (Å²) in [4.78, 5) is 11.6. The van der Waals surface area contributed by atoms with Gasteiger partial charge in [-0.25, -0.2) is 0 Å². The van der Waals surface area contributed by atoms with E-state index in [1.54, 1.807) is 0 Å². The maximum atomic E-state index is 11.6. The van der Waals surface area contributed by atoms with E-state index < -0.39 is 5.54 Å². The summed E-state index contributed by atoms with van der Waals surface area (Å²) in [5.74, 6) is 0.430. The van der Waals surface area contributed by atoms with E-state index in [4.69, 9.17) is 10.5 Å². The second-order valence-electron chi connectivity index (χ2n) is 5.76. The molecule has 0 aromatic heterocycles. The second kappa shape index (κ2) is 4.74. The molecule has 1 rings (SSSR count). The number of hydrogen-bond donors (Lipinski definition) is 1. The van der Waals surface area contributed by atoms with Crippen LogP contribution in [0.3, 0.4) is 0 Å². The fourth-order valence-electron chi connectivity index (χ4n) is 2.61. The first-order valence-corrected chi connectivity index (χ1v) is 6.23. The van der Waals surface area contributed by atoms with E-state index in [1.807, 2.05) is 0 Å². The minimum Gasteiger partial charge on any atom is -0.468 e. The van der Waals surface area contributed by atoms with E-state index in [-0.39, 0.29) is 5.97 Å². The lowest BCUT2D eigenvalue weighted by atomic mass is 9.66. The maximum Gasteiger partial charge on any atom is 0.325 e. The SMILES string of the molecule is CCC(C)(C)C1CCC(N)(C(=O)OC)CC1. The molecule has 0 radical (unpaired) electrons. The molecule has 0 aliphatic heterocycles. The lowest BCUT2D eigenvalue weighted by Gasteiger charge is -2.41. The summed E-state index contributed by atoms with van der Waals surface area (Å²) in [6.07, 6.45) is 4.76. The van der Waals surface area contributed by atoms with Gasteiger partial charge in [0.1, 0.15) is 5.54 Å². The smallest absolute Gasteiger partial charge is 0.325 e. The molecule has 0 heterocycles. The van der Waals surface area contributed by atoms with E-state index in [0.717, 1.165) is 25.7 Å². The number of rotatable bonds is 3. The van der Waals surface area contributed by atoms with Gasteiger partial charge in [0.15, 0.2) is 0 Å². The van der Waals surface area contributed by atoms with Crippen LogP contribution < -0.4 is 5.73 Å². The number of methoxy groups -OCH3 is 1. The van der Waals surface area contributed by atoms with E-state index in [0.29, 0.717) is 11.3 Å². The van der Waals surface area contributed by atoms with Crippen LogP contribution in [-0.4, -0.2) is 18.6 Å². The van der Waals surface area contributed by atoms with E-state index in [1.165, 1.54) is 13.5 Å². The standard InChI is InChI=1S/C13H25NO2/c1-5-12(2,3)10-6-8-13(14,9-7-10)11(15)16-4/h10H,5-9,14H2,1-4H3. The quantitative estimate of drug-likeness (QED) is 0.754. The highest BCUT2D eigenvalue weighted by atomic mass is 16.5. The lowest BCUT2D eigenvalue weighted by Crippen LogP contribution is -2.52. The van der Waals surface area contributed by atoms with Gasteiger partial charge in [-0.2, -0.15) is 0 Å². The van der Waals surface area contributed by atoms with Gasteiger partial charge in [0.2, 0.25) is 0 Å². The summed E-state index contributed by atoms with van der Waals surface area (Å²) in [6.45, 7) is 6.84. The topological polar surface area (TPSA) is 52.3 Å². The molecule has 1 saturated carbocycles. The van der Waals surface area contributed by atoms with Crippen LogP contribution in [0.25, 0.3) is 0 Å². The first-order valence-electron chi connectivity index (χ1n) is 6.23. The number of carbonyl (C=O) groups excluding carboxylic acids is 1. The van der Waals surface area contributed by atoms with Crippen molar-refractivity contribution in [3.8, 4) is 0 Å². The minimum atomic E-state index is -0.727. The van der Waals surface area contributed by atoms with Crippen molar-refractivity contribution in [2.75, 3.05) is 7.11 Å². The molecule has 0 amide bonds. The zero-order valence-corrected chi connectivity index (χ0v) is 11.0. The van der Waals surface area contributed by atoms with Crippen LogP contribution in [0, 0.1) is 11.3 Å². The molecule has 3 nitrogen and oxygen atoms in total. The summed E-state index contributed by atoms with van der Waals surface area (Å²) >= 11 is 0. The predicted octanol–water partition coefficient (Wildman–Crippen LogP) is 2.48. The van der Waals surface area contributed by atoms with Crippen molar-refractivity contribution < 1.29 is 9.53 Å². The van der Waals surface area contributed by atoms with Crippen LogP contribution in [-0.2, 0) is 9.53 Å². The molecule has 1 aliphatic rings. The summed E-state index contributed by atoms with van der Waals surface area (Å²) in [5, 5.41) is 0. The van der Waals surface area contributed by atoms with Gasteiger partial charge < -0.3 is 10.5 Å². The average molecular weight is 227 g/mol. The molecular formula is C13H25NO2. The first-order chi connectivity index (χ1) is 7.35. The van der Waals surface area contributed by atoms with Crippen LogP contribution in [0.15, 0.2) is 0 Å². The van der Waals surface area contributed by atoms with Gasteiger partial charge in [0, 0.05) is 0 Å². The summed E-state index contributed by atoms with van der Waals surface area (Å²) in [6, 6.07) is 0. The molecule has 1 aliphatic carbocycles. The lowest BCUT2D eigenvalue weighted by molar-refractivity contribution is -0.149. The largest absolute Gasteiger partial charge is 0.468 e. The Bertz CT molecular complexity index is 253. The highest BCUT2D eigenvalue weighted by Gasteiger charge is 2.42. The zero-order valence-electron chi connectivity index (χ0n) is 11.0. The molecule has 3 heteroatoms. The van der Waals surface area contributed by atoms with Crippen molar-refractivity contribution in [3.63, 3.8) is 0 Å². The molecule has 2 N–H and O–H groups in total. The monoisotopic (exact) mass is 227 g/mol. The Hall–Kier alpha value is -0.570. The molecule has 0 aromatic rings. The number of hydrogen-bond acceptors (Lipinski definition) is 3. The third kappa shape index (κ3) is 2.57. The third-order valence-corrected chi connectivity index (χ3v) is 4.49. The normalized spacial score (nSPS) is 31.2. The highest BCUT2D eigenvalue weighted by molar-refractivity contribution is 5.80. The predicted molar refractivity (Wildman–Crippen MR) is 65.0 cm³/mol. The van der Waals surface area contributed by atoms with E-state index in [9.17, 15) is 4.79 Å². The second-order valence-corrected chi connectivity index (χ2v) is 5.76. The molecule has 94 valence electrons. The Morgan fingerprint density at radius 2 is 1.94 bits per heavy atom. The molecule has 1 fully saturated rings. The highest BCUT2D eigenvalue weighted by Crippen LogP contribution is 2.42. The average Bonchev–Trinajstić information content (AvgIpc) is 2.28. The Balaban J connectivity index is 2.61. The van der Waals surface area contributed by atoms with Crippen molar-refractivity contribution in [3.05, 3.63) is 0 Å². The number of carbonyl (C=O) groups is 1. The Morgan fingerprint density at radius 1 is 1.44 bits per heavy atom. The molecule has 0 unspecified atom stereocenters. The summed E-state index contributed by atoms with van der Waals surface area (Å²) < 4.78 is 4.78. The first kappa shape index (κ1) is 13.5. The van der Waals surface area contributed by atoms with Crippen LogP contribution in [0.1, 0.15) is 52.9 Å². The van der Waals surface area contributed by atoms with Gasteiger partial charge in [-0.3, -0.25) is 4.79 Å². The van der Waals surface area contributed by atoms with Crippen LogP contribution in [0.4, 0.5) is 0 Å². The summed E-state index contributed by atoms with van der Waals surface area (Å²) in [5.41, 5.74) is 5.72. The molecular weight excluding hydrogens is 202 g/mol.